The van der Waals surface area contributed by atoms with E-state index >= 15 is 0 Å². The number of aryl methyl sites for hydroxylation is 1. The van der Waals surface area contributed by atoms with Crippen molar-refractivity contribution in [1.29, 1.82) is 0 Å². The van der Waals surface area contributed by atoms with Crippen LogP contribution in [0.4, 0.5) is 5.69 Å². The number of carbonyl (C=O) groups excluding carboxylic acids is 2. The van der Waals surface area contributed by atoms with E-state index in [1.807, 2.05) is 17.9 Å². The number of hydrogen-bond acceptors (Lipinski definition) is 4. The van der Waals surface area contributed by atoms with Gasteiger partial charge in [0.05, 0.1) is 11.3 Å². The lowest BCUT2D eigenvalue weighted by Gasteiger charge is -2.32. The molecule has 7 nitrogen and oxygen atoms in total. The predicted octanol–water partition coefficient (Wildman–Crippen LogP) is 1.81. The number of nitrogens with zero attached hydrogens (tertiary/aromatic N) is 2. The van der Waals surface area contributed by atoms with Gasteiger partial charge >= 0.3 is 0 Å². The van der Waals surface area contributed by atoms with Crippen LogP contribution in [0.3, 0.4) is 0 Å². The third-order valence-corrected chi connectivity index (χ3v) is 4.63. The molecule has 3 rings (SSSR count). The van der Waals surface area contributed by atoms with Crippen molar-refractivity contribution in [2.75, 3.05) is 25.0 Å². The summed E-state index contributed by atoms with van der Waals surface area (Å²) in [7, 11) is 0. The molecule has 1 saturated heterocycles. The van der Waals surface area contributed by atoms with Gasteiger partial charge in [0.25, 0.3) is 5.91 Å². The Hall–Kier alpha value is -2.83. The number of piperidine rings is 1. The minimum absolute atomic E-state index is 0.0323. The van der Waals surface area contributed by atoms with Crippen molar-refractivity contribution in [1.82, 2.24) is 14.9 Å². The number of pyridine rings is 1. The molecule has 0 spiro atoms. The lowest BCUT2D eigenvalue weighted by molar-refractivity contribution is -0.127. The smallest absolute Gasteiger partial charge is 0.252 e. The van der Waals surface area contributed by atoms with E-state index in [4.69, 9.17) is 5.73 Å². The van der Waals surface area contributed by atoms with Crippen LogP contribution in [-0.2, 0) is 4.79 Å². The number of H-pyrrole nitrogens is 1. The number of rotatable bonds is 5. The van der Waals surface area contributed by atoms with Gasteiger partial charge < -0.3 is 20.9 Å². The van der Waals surface area contributed by atoms with Crippen LogP contribution >= 0.6 is 0 Å². The molecule has 0 radical (unpaired) electrons. The van der Waals surface area contributed by atoms with Crippen LogP contribution in [0.2, 0.25) is 0 Å². The van der Waals surface area contributed by atoms with Gasteiger partial charge in [-0.1, -0.05) is 6.58 Å². The molecule has 0 aliphatic carbocycles. The molecule has 0 aromatic carbocycles. The first kappa shape index (κ1) is 17.0. The first-order valence-corrected chi connectivity index (χ1v) is 8.43. The number of nitrogens with one attached hydrogen (secondary N) is 2. The van der Waals surface area contributed by atoms with Crippen LogP contribution < -0.4 is 11.1 Å². The highest BCUT2D eigenvalue weighted by Gasteiger charge is 2.23. The first-order chi connectivity index (χ1) is 12.0. The lowest BCUT2D eigenvalue weighted by Crippen LogP contribution is -2.41. The number of likely N-dealkylation sites (tertiary alicyclic amines) is 1. The van der Waals surface area contributed by atoms with E-state index in [1.54, 1.807) is 0 Å². The average molecular weight is 341 g/mol. The number of anilines is 1. The standard InChI is InChI=1S/C18H23N5O2/c1-3-15(24)23-6-4-5-12(10-23)8-20-16-13-7-11(2)22-18(13)21-9-14(16)17(19)25/h3,7,9,12H,1,4-6,8,10H2,2H3,(H2,19,25)(H2,20,21,22). The number of hydrogen-bond donors (Lipinski definition) is 3. The summed E-state index contributed by atoms with van der Waals surface area (Å²) in [4.78, 5) is 32.8. The zero-order valence-electron chi connectivity index (χ0n) is 14.3. The van der Waals surface area contributed by atoms with E-state index in [-0.39, 0.29) is 5.91 Å². The van der Waals surface area contributed by atoms with Crippen LogP contribution in [0.15, 0.2) is 24.9 Å². The van der Waals surface area contributed by atoms with E-state index in [0.717, 1.165) is 36.1 Å². The van der Waals surface area contributed by atoms with E-state index in [9.17, 15) is 9.59 Å². The third kappa shape index (κ3) is 3.50. The molecule has 132 valence electrons. The van der Waals surface area contributed by atoms with E-state index in [1.165, 1.54) is 12.3 Å². The minimum Gasteiger partial charge on any atom is -0.383 e. The molecule has 1 atom stereocenters. The van der Waals surface area contributed by atoms with Gasteiger partial charge in [-0.25, -0.2) is 4.98 Å². The van der Waals surface area contributed by atoms with Gasteiger partial charge in [0, 0.05) is 36.9 Å². The summed E-state index contributed by atoms with van der Waals surface area (Å²) < 4.78 is 0. The number of aromatic nitrogens is 2. The Bertz CT molecular complexity index is 826. The largest absolute Gasteiger partial charge is 0.383 e. The highest BCUT2D eigenvalue weighted by atomic mass is 16.2. The maximum Gasteiger partial charge on any atom is 0.252 e. The van der Waals surface area contributed by atoms with E-state index in [0.29, 0.717) is 30.3 Å². The van der Waals surface area contributed by atoms with Crippen molar-refractivity contribution in [2.45, 2.75) is 19.8 Å². The zero-order valence-corrected chi connectivity index (χ0v) is 14.3. The summed E-state index contributed by atoms with van der Waals surface area (Å²) in [6.45, 7) is 7.60. The maximum atomic E-state index is 11.8. The number of primary amides is 1. The molecule has 2 aromatic rings. The second-order valence-corrected chi connectivity index (χ2v) is 6.50. The fourth-order valence-corrected chi connectivity index (χ4v) is 3.39. The Morgan fingerprint density at radius 2 is 2.36 bits per heavy atom. The van der Waals surface area contributed by atoms with Crippen LogP contribution in [0.5, 0.6) is 0 Å². The second kappa shape index (κ2) is 6.96. The SMILES string of the molecule is C=CC(=O)N1CCCC(CNc2c(C(N)=O)cnc3[nH]c(C)cc23)C1. The number of fused-ring (bicyclic) bond motifs is 1. The summed E-state index contributed by atoms with van der Waals surface area (Å²) in [6.07, 6.45) is 4.84. The molecule has 1 aliphatic rings. The zero-order chi connectivity index (χ0) is 18.0. The molecule has 0 saturated carbocycles. The Labute approximate surface area is 146 Å². The van der Waals surface area contributed by atoms with Crippen molar-refractivity contribution in [3.63, 3.8) is 0 Å². The van der Waals surface area contributed by atoms with E-state index < -0.39 is 5.91 Å². The summed E-state index contributed by atoms with van der Waals surface area (Å²) in [5.41, 5.74) is 8.27. The van der Waals surface area contributed by atoms with Gasteiger partial charge in [0.1, 0.15) is 5.65 Å². The molecule has 2 amide bonds. The molecule has 1 fully saturated rings. The lowest BCUT2D eigenvalue weighted by atomic mass is 9.97. The molecular weight excluding hydrogens is 318 g/mol. The van der Waals surface area contributed by atoms with Crippen molar-refractivity contribution in [3.05, 3.63) is 36.2 Å². The normalized spacial score (nSPS) is 17.5. The Morgan fingerprint density at radius 1 is 1.56 bits per heavy atom. The average Bonchev–Trinajstić information content (AvgIpc) is 2.99. The predicted molar refractivity (Wildman–Crippen MR) is 97.3 cm³/mol. The van der Waals surface area contributed by atoms with Crippen molar-refractivity contribution >= 4 is 28.5 Å². The van der Waals surface area contributed by atoms with E-state index in [2.05, 4.69) is 21.9 Å². The van der Waals surface area contributed by atoms with Gasteiger partial charge in [-0.15, -0.1) is 0 Å². The summed E-state index contributed by atoms with van der Waals surface area (Å²) in [5.74, 6) is -0.237. The fraction of sp³-hybridized carbons (Fsp3) is 0.389. The topological polar surface area (TPSA) is 104 Å². The molecule has 1 aliphatic heterocycles. The summed E-state index contributed by atoms with van der Waals surface area (Å²) >= 11 is 0. The molecule has 3 heterocycles. The molecule has 4 N–H and O–H groups in total. The third-order valence-electron chi connectivity index (χ3n) is 4.63. The molecule has 2 aromatic heterocycles. The highest BCUT2D eigenvalue weighted by Crippen LogP contribution is 2.27. The van der Waals surface area contributed by atoms with Gasteiger partial charge in [-0.05, 0) is 37.8 Å². The summed E-state index contributed by atoms with van der Waals surface area (Å²) in [6, 6.07) is 1.95. The first-order valence-electron chi connectivity index (χ1n) is 8.43. The Balaban J connectivity index is 1.80. The Kier molecular flexibility index (Phi) is 4.74. The van der Waals surface area contributed by atoms with Gasteiger partial charge in [-0.3, -0.25) is 9.59 Å². The molecule has 0 bridgehead atoms. The Morgan fingerprint density at radius 3 is 3.08 bits per heavy atom. The minimum atomic E-state index is -0.511. The van der Waals surface area contributed by atoms with Crippen molar-refractivity contribution < 1.29 is 9.59 Å². The summed E-state index contributed by atoms with van der Waals surface area (Å²) in [5, 5.41) is 4.22. The molecule has 7 heteroatoms. The fourth-order valence-electron chi connectivity index (χ4n) is 3.39. The van der Waals surface area contributed by atoms with Gasteiger partial charge in [0.2, 0.25) is 5.91 Å². The maximum absolute atomic E-state index is 11.8. The van der Waals surface area contributed by atoms with Crippen LogP contribution in [0, 0.1) is 12.8 Å². The van der Waals surface area contributed by atoms with Crippen molar-refractivity contribution in [3.8, 4) is 0 Å². The molecule has 25 heavy (non-hydrogen) atoms. The number of carbonyl (C=O) groups is 2. The monoisotopic (exact) mass is 341 g/mol. The number of aromatic amines is 1. The second-order valence-electron chi connectivity index (χ2n) is 6.50. The number of amides is 2. The van der Waals surface area contributed by atoms with Gasteiger partial charge in [-0.2, -0.15) is 0 Å². The molecular formula is C18H23N5O2. The number of nitrogens with two attached hydrogens (primary N) is 1. The van der Waals surface area contributed by atoms with Crippen LogP contribution in [-0.4, -0.2) is 46.3 Å². The van der Waals surface area contributed by atoms with Gasteiger partial charge in [0.15, 0.2) is 0 Å². The van der Waals surface area contributed by atoms with Crippen LogP contribution in [0.1, 0.15) is 28.9 Å². The quantitative estimate of drug-likeness (QED) is 0.721. The van der Waals surface area contributed by atoms with Crippen LogP contribution in [0.25, 0.3) is 11.0 Å². The highest BCUT2D eigenvalue weighted by molar-refractivity contribution is 6.06. The van der Waals surface area contributed by atoms with Crippen molar-refractivity contribution in [2.24, 2.45) is 11.7 Å². The molecule has 1 unspecified atom stereocenters.